The summed E-state index contributed by atoms with van der Waals surface area (Å²) in [6, 6.07) is 11.4. The molecule has 32 heavy (non-hydrogen) atoms. The minimum Gasteiger partial charge on any atom is -0.344 e. The average Bonchev–Trinajstić information content (AvgIpc) is 3.20. The third-order valence-electron chi connectivity index (χ3n) is 6.15. The molecule has 7 heteroatoms. The molecule has 0 spiro atoms. The van der Waals surface area contributed by atoms with E-state index in [4.69, 9.17) is 0 Å². The quantitative estimate of drug-likeness (QED) is 0.709. The molecule has 4 rings (SSSR count). The number of nitrogens with zero attached hydrogens (tertiary/aromatic N) is 3. The maximum Gasteiger partial charge on any atom is 0.245 e. The van der Waals surface area contributed by atoms with Crippen molar-refractivity contribution in [2.24, 2.45) is 5.92 Å². The van der Waals surface area contributed by atoms with Gasteiger partial charge in [0.2, 0.25) is 17.7 Å². The standard InChI is InChI=1S/C25H28N4O3/c1-2-12-28-13-14-29(25(32)22-9-10-23(30)27-22)17-20(24(28)31)15-18-6-3-4-8-21(18)19-7-5-11-26-16-19/h2-8,11,16,20,22H,1,9-10,12-15,17H2,(H,27,30). The Morgan fingerprint density at radius 2 is 2.03 bits per heavy atom. The van der Waals surface area contributed by atoms with E-state index in [0.717, 1.165) is 16.7 Å². The number of hydrogen-bond acceptors (Lipinski definition) is 4. The zero-order chi connectivity index (χ0) is 22.5. The van der Waals surface area contributed by atoms with Crippen molar-refractivity contribution in [2.75, 3.05) is 26.2 Å². The van der Waals surface area contributed by atoms with E-state index in [9.17, 15) is 14.4 Å². The summed E-state index contributed by atoms with van der Waals surface area (Å²) in [4.78, 5) is 45.9. The van der Waals surface area contributed by atoms with Crippen molar-refractivity contribution in [3.8, 4) is 11.1 Å². The van der Waals surface area contributed by atoms with Gasteiger partial charge in [-0.15, -0.1) is 6.58 Å². The molecule has 2 aromatic rings. The first-order valence-corrected chi connectivity index (χ1v) is 11.0. The number of aromatic nitrogens is 1. The molecule has 2 aliphatic heterocycles. The largest absolute Gasteiger partial charge is 0.344 e. The van der Waals surface area contributed by atoms with Gasteiger partial charge in [0.25, 0.3) is 0 Å². The van der Waals surface area contributed by atoms with E-state index in [1.54, 1.807) is 22.1 Å². The highest BCUT2D eigenvalue weighted by atomic mass is 16.2. The van der Waals surface area contributed by atoms with Gasteiger partial charge in [0.1, 0.15) is 6.04 Å². The number of carbonyl (C=O) groups is 3. The zero-order valence-electron chi connectivity index (χ0n) is 18.1. The van der Waals surface area contributed by atoms with E-state index in [1.807, 2.05) is 42.6 Å². The number of amides is 3. The third-order valence-corrected chi connectivity index (χ3v) is 6.15. The molecule has 2 atom stereocenters. The van der Waals surface area contributed by atoms with E-state index >= 15 is 0 Å². The van der Waals surface area contributed by atoms with Crippen LogP contribution in [0.4, 0.5) is 0 Å². The molecule has 1 N–H and O–H groups in total. The van der Waals surface area contributed by atoms with Crippen LogP contribution in [0.5, 0.6) is 0 Å². The molecule has 0 saturated carbocycles. The highest BCUT2D eigenvalue weighted by Gasteiger charge is 2.36. The molecule has 0 bridgehead atoms. The first kappa shape index (κ1) is 21.7. The van der Waals surface area contributed by atoms with Gasteiger partial charge >= 0.3 is 0 Å². The van der Waals surface area contributed by atoms with Gasteiger partial charge in [0.15, 0.2) is 0 Å². The minimum atomic E-state index is -0.494. The highest BCUT2D eigenvalue weighted by molar-refractivity contribution is 5.91. The molecule has 0 radical (unpaired) electrons. The van der Waals surface area contributed by atoms with Crippen LogP contribution in [-0.4, -0.2) is 64.7 Å². The first-order valence-electron chi connectivity index (χ1n) is 11.0. The number of benzene rings is 1. The van der Waals surface area contributed by atoms with Crippen molar-refractivity contribution in [3.63, 3.8) is 0 Å². The predicted octanol–water partition coefficient (Wildman–Crippen LogP) is 2.04. The van der Waals surface area contributed by atoms with Crippen molar-refractivity contribution >= 4 is 17.7 Å². The lowest BCUT2D eigenvalue weighted by Crippen LogP contribution is -2.46. The van der Waals surface area contributed by atoms with E-state index in [2.05, 4.69) is 16.9 Å². The summed E-state index contributed by atoms with van der Waals surface area (Å²) in [5.74, 6) is -0.549. The summed E-state index contributed by atoms with van der Waals surface area (Å²) in [7, 11) is 0. The summed E-state index contributed by atoms with van der Waals surface area (Å²) in [6.07, 6.45) is 6.65. The fourth-order valence-electron chi connectivity index (χ4n) is 4.52. The van der Waals surface area contributed by atoms with Crippen LogP contribution in [0, 0.1) is 5.92 Å². The third kappa shape index (κ3) is 4.72. The minimum absolute atomic E-state index is 0.0247. The van der Waals surface area contributed by atoms with E-state index < -0.39 is 6.04 Å². The number of pyridine rings is 1. The Labute approximate surface area is 188 Å². The normalized spacial score (nSPS) is 21.2. The van der Waals surface area contributed by atoms with Crippen molar-refractivity contribution < 1.29 is 14.4 Å². The van der Waals surface area contributed by atoms with Crippen molar-refractivity contribution in [2.45, 2.75) is 25.3 Å². The van der Waals surface area contributed by atoms with Crippen LogP contribution in [0.25, 0.3) is 11.1 Å². The van der Waals surface area contributed by atoms with Crippen LogP contribution in [-0.2, 0) is 20.8 Å². The average molecular weight is 433 g/mol. The van der Waals surface area contributed by atoms with Gasteiger partial charge in [-0.2, -0.15) is 0 Å². The zero-order valence-corrected chi connectivity index (χ0v) is 18.1. The Morgan fingerprint density at radius 1 is 1.19 bits per heavy atom. The molecule has 3 amide bonds. The second-order valence-corrected chi connectivity index (χ2v) is 8.32. The molecule has 1 aromatic carbocycles. The Hall–Kier alpha value is -3.48. The summed E-state index contributed by atoms with van der Waals surface area (Å²) in [5.41, 5.74) is 3.07. The van der Waals surface area contributed by atoms with Gasteiger partial charge in [-0.05, 0) is 30.0 Å². The molecule has 2 saturated heterocycles. The monoisotopic (exact) mass is 432 g/mol. The summed E-state index contributed by atoms with van der Waals surface area (Å²) in [6.45, 7) is 5.46. The maximum absolute atomic E-state index is 13.4. The van der Waals surface area contributed by atoms with Crippen LogP contribution in [0.1, 0.15) is 18.4 Å². The van der Waals surface area contributed by atoms with E-state index in [1.165, 1.54) is 0 Å². The second-order valence-electron chi connectivity index (χ2n) is 8.32. The van der Waals surface area contributed by atoms with Crippen LogP contribution in [0.3, 0.4) is 0 Å². The Balaban J connectivity index is 1.60. The van der Waals surface area contributed by atoms with Gasteiger partial charge < -0.3 is 15.1 Å². The summed E-state index contributed by atoms with van der Waals surface area (Å²) >= 11 is 0. The number of rotatable bonds is 6. The fourth-order valence-corrected chi connectivity index (χ4v) is 4.52. The van der Waals surface area contributed by atoms with Crippen molar-refractivity contribution in [1.82, 2.24) is 20.1 Å². The number of hydrogen-bond donors (Lipinski definition) is 1. The lowest BCUT2D eigenvalue weighted by Gasteiger charge is -2.26. The Bertz CT molecular complexity index is 1010. The van der Waals surface area contributed by atoms with Crippen LogP contribution >= 0.6 is 0 Å². The lowest BCUT2D eigenvalue weighted by atomic mass is 9.91. The van der Waals surface area contributed by atoms with E-state index in [0.29, 0.717) is 45.4 Å². The topological polar surface area (TPSA) is 82.6 Å². The molecule has 2 fully saturated rings. The molecule has 7 nitrogen and oxygen atoms in total. The molecular weight excluding hydrogens is 404 g/mol. The molecule has 3 heterocycles. The van der Waals surface area contributed by atoms with Gasteiger partial charge in [0.05, 0.1) is 5.92 Å². The van der Waals surface area contributed by atoms with Gasteiger partial charge in [-0.3, -0.25) is 19.4 Å². The Morgan fingerprint density at radius 3 is 2.75 bits per heavy atom. The molecule has 0 aliphatic carbocycles. The van der Waals surface area contributed by atoms with Crippen molar-refractivity contribution in [3.05, 3.63) is 67.0 Å². The molecular formula is C25H28N4O3. The molecule has 2 aliphatic rings. The van der Waals surface area contributed by atoms with Gasteiger partial charge in [-0.25, -0.2) is 0 Å². The highest BCUT2D eigenvalue weighted by Crippen LogP contribution is 2.27. The Kier molecular flexibility index (Phi) is 6.63. The number of nitrogens with one attached hydrogen (secondary N) is 1. The van der Waals surface area contributed by atoms with Crippen LogP contribution in [0.2, 0.25) is 0 Å². The summed E-state index contributed by atoms with van der Waals surface area (Å²) in [5, 5.41) is 2.76. The molecule has 1 aromatic heterocycles. The van der Waals surface area contributed by atoms with E-state index in [-0.39, 0.29) is 23.6 Å². The second kappa shape index (κ2) is 9.77. The van der Waals surface area contributed by atoms with Gasteiger partial charge in [-0.1, -0.05) is 36.4 Å². The van der Waals surface area contributed by atoms with Crippen molar-refractivity contribution in [1.29, 1.82) is 0 Å². The SMILES string of the molecule is C=CCN1CCN(C(=O)C2CCC(=O)N2)CC(Cc2ccccc2-c2cccnc2)C1=O. The van der Waals surface area contributed by atoms with Gasteiger partial charge in [0, 0.05) is 50.6 Å². The maximum atomic E-state index is 13.4. The van der Waals surface area contributed by atoms with Crippen LogP contribution < -0.4 is 5.32 Å². The fraction of sp³-hybridized carbons (Fsp3) is 0.360. The molecule has 166 valence electrons. The summed E-state index contributed by atoms with van der Waals surface area (Å²) < 4.78 is 0. The lowest BCUT2D eigenvalue weighted by molar-refractivity contribution is -0.136. The molecule has 2 unspecified atom stereocenters. The van der Waals surface area contributed by atoms with Crippen LogP contribution in [0.15, 0.2) is 61.4 Å². The first-order chi connectivity index (χ1) is 15.6. The number of carbonyl (C=O) groups excluding carboxylic acids is 3. The smallest absolute Gasteiger partial charge is 0.245 e. The predicted molar refractivity (Wildman–Crippen MR) is 121 cm³/mol.